The summed E-state index contributed by atoms with van der Waals surface area (Å²) < 4.78 is 113. The summed E-state index contributed by atoms with van der Waals surface area (Å²) in [7, 11) is 18.0. The molecule has 0 radical (unpaired) electrons. The first kappa shape index (κ1) is 72.9. The number of fused-ring (bicyclic) bond motifs is 5. The molecule has 111 heavy (non-hydrogen) atoms. The third-order valence-electron chi connectivity index (χ3n) is 24.6. The van der Waals surface area contributed by atoms with Gasteiger partial charge in [-0.3, -0.25) is 37.1 Å². The lowest BCUT2D eigenvalue weighted by Crippen LogP contribution is -2.47. The second-order valence-corrected chi connectivity index (χ2v) is 31.3. The van der Waals surface area contributed by atoms with Crippen molar-refractivity contribution < 1.29 is 35.9 Å². The summed E-state index contributed by atoms with van der Waals surface area (Å²) in [6.07, 6.45) is 8.16. The smallest absolute Gasteiger partial charge is 0.328 e. The van der Waals surface area contributed by atoms with Crippen molar-refractivity contribution in [3.63, 3.8) is 0 Å². The predicted molar refractivity (Wildman–Crippen MR) is 425 cm³/mol. The lowest BCUT2D eigenvalue weighted by atomic mass is 9.75. The van der Waals surface area contributed by atoms with E-state index < -0.39 is 25.4 Å². The fraction of sp³-hybridized carbons (Fsp3) is 0.422. The largest absolute Gasteiger partial charge is 0.376 e. The van der Waals surface area contributed by atoms with Crippen LogP contribution in [0.5, 0.6) is 0 Å². The molecule has 0 spiro atoms. The number of anilines is 11. The fourth-order valence-corrected chi connectivity index (χ4v) is 19.1. The summed E-state index contributed by atoms with van der Waals surface area (Å²) in [5.74, 6) is -0.488. The number of imidazole rings is 2. The lowest BCUT2D eigenvalue weighted by Gasteiger charge is -2.44. The maximum atomic E-state index is 16.2. The molecule has 3 saturated heterocycles. The number of aromatic nitrogens is 10. The molecule has 0 aliphatic carbocycles. The Kier molecular flexibility index (Phi) is 18.7. The molecule has 0 saturated carbocycles. The maximum Gasteiger partial charge on any atom is 0.328 e. The molecule has 3 fully saturated rings. The highest BCUT2D eigenvalue weighted by molar-refractivity contribution is 5.98. The number of rotatable bonds is 17. The summed E-state index contributed by atoms with van der Waals surface area (Å²) in [5.41, 5.74) is 15.7. The van der Waals surface area contributed by atoms with Gasteiger partial charge in [-0.2, -0.15) is 15.3 Å². The van der Waals surface area contributed by atoms with E-state index in [1.54, 1.807) is 149 Å². The first-order chi connectivity index (χ1) is 53.4. The summed E-state index contributed by atoms with van der Waals surface area (Å²) in [6.45, 7) is 5.29. The van der Waals surface area contributed by atoms with Crippen LogP contribution in [0.4, 0.5) is 88.9 Å². The van der Waals surface area contributed by atoms with Crippen LogP contribution in [0, 0.1) is 5.92 Å². The van der Waals surface area contributed by atoms with Crippen LogP contribution in [0.15, 0.2) is 120 Å². The van der Waals surface area contributed by atoms with Gasteiger partial charge < -0.3 is 43.9 Å². The first-order valence-electron chi connectivity index (χ1n) is 38.4. The summed E-state index contributed by atoms with van der Waals surface area (Å²) in [4.78, 5) is 58.2. The summed E-state index contributed by atoms with van der Waals surface area (Å²) in [5, 5.41) is 13.2. The normalized spacial score (nSPS) is 18.9. The van der Waals surface area contributed by atoms with Crippen molar-refractivity contribution in [1.29, 1.82) is 0 Å². The number of amides is 1. The van der Waals surface area contributed by atoms with Gasteiger partial charge in [-0.1, -0.05) is 0 Å². The summed E-state index contributed by atoms with van der Waals surface area (Å²) >= 11 is 0. The molecule has 0 bridgehead atoms. The second kappa shape index (κ2) is 28.4. The van der Waals surface area contributed by atoms with Gasteiger partial charge in [-0.05, 0) is 169 Å². The number of morpholine rings is 1. The van der Waals surface area contributed by atoms with E-state index in [2.05, 4.69) is 69.0 Å². The molecule has 4 atom stereocenters. The van der Waals surface area contributed by atoms with Gasteiger partial charge in [-0.15, -0.1) is 0 Å². The Bertz CT molecular complexity index is 5610. The van der Waals surface area contributed by atoms with Gasteiger partial charge in [0.2, 0.25) is 6.41 Å². The number of halogens is 6. The van der Waals surface area contributed by atoms with Crippen molar-refractivity contribution >= 4 is 91.0 Å². The van der Waals surface area contributed by atoms with E-state index in [1.807, 2.05) is 49.3 Å². The lowest BCUT2D eigenvalue weighted by molar-refractivity contribution is -0.107. The molecule has 5 aromatic heterocycles. The third-order valence-corrected chi connectivity index (χ3v) is 24.6. The Balaban J connectivity index is 0.748. The van der Waals surface area contributed by atoms with Gasteiger partial charge in [0.15, 0.2) is 0 Å². The van der Waals surface area contributed by atoms with Crippen LogP contribution in [-0.2, 0) is 65.3 Å². The fourth-order valence-electron chi connectivity index (χ4n) is 19.1. The van der Waals surface area contributed by atoms with Crippen molar-refractivity contribution in [3.05, 3.63) is 164 Å². The number of carbonyl (C=O) groups is 1. The zero-order valence-electron chi connectivity index (χ0n) is 64.2. The highest BCUT2D eigenvalue weighted by Crippen LogP contribution is 2.54. The average molecular weight is 1520 g/mol. The van der Waals surface area contributed by atoms with Crippen LogP contribution in [0.2, 0.25) is 0 Å². The van der Waals surface area contributed by atoms with Crippen LogP contribution in [0.3, 0.4) is 0 Å². The van der Waals surface area contributed by atoms with Crippen molar-refractivity contribution in [3.8, 4) is 33.4 Å². The zero-order valence-corrected chi connectivity index (χ0v) is 64.2. The van der Waals surface area contributed by atoms with Gasteiger partial charge in [0.05, 0.1) is 81.8 Å². The van der Waals surface area contributed by atoms with Gasteiger partial charge in [0.25, 0.3) is 19.3 Å². The van der Waals surface area contributed by atoms with E-state index in [1.165, 1.54) is 0 Å². The van der Waals surface area contributed by atoms with Crippen molar-refractivity contribution in [2.24, 2.45) is 55.3 Å². The van der Waals surface area contributed by atoms with Crippen LogP contribution >= 0.6 is 0 Å². The number of aryl methyl sites for hydroxylation is 8. The number of hydrogen-bond donors (Lipinski definition) is 0. The molecule has 6 aliphatic rings. The molecule has 28 heteroatoms. The highest BCUT2D eigenvalue weighted by atomic mass is 19.3. The molecule has 17 rings (SSSR count). The van der Waals surface area contributed by atoms with E-state index in [0.717, 1.165) is 108 Å². The minimum Gasteiger partial charge on any atom is -0.376 e. The summed E-state index contributed by atoms with van der Waals surface area (Å²) in [6, 6.07) is 23.0. The monoisotopic (exact) mass is 1520 g/mol. The zero-order chi connectivity index (χ0) is 77.4. The second-order valence-electron chi connectivity index (χ2n) is 31.3. The average Bonchev–Trinajstić information content (AvgIpc) is 1.68. The quantitative estimate of drug-likeness (QED) is 0.0626. The molecule has 6 aromatic carbocycles. The Morgan fingerprint density at radius 2 is 0.937 bits per heavy atom. The Labute approximate surface area is 639 Å². The Morgan fingerprint density at radius 1 is 0.468 bits per heavy atom. The third kappa shape index (κ3) is 12.5. The molecule has 22 nitrogen and oxygen atoms in total. The number of hydrogen-bond acceptors (Lipinski definition) is 14. The molecule has 0 N–H and O–H groups in total. The topological polar surface area (TPSA) is 160 Å². The van der Waals surface area contributed by atoms with Crippen LogP contribution in [-0.4, -0.2) is 147 Å². The molecular formula is C83H92F6N18O4. The van der Waals surface area contributed by atoms with Gasteiger partial charge in [0.1, 0.15) is 0 Å². The molecule has 4 unspecified atom stereocenters. The molecule has 1 amide bonds. The number of nitrogens with zero attached hydrogens (tertiary/aromatic N) is 18. The van der Waals surface area contributed by atoms with E-state index in [0.29, 0.717) is 143 Å². The van der Waals surface area contributed by atoms with Crippen molar-refractivity contribution in [2.75, 3.05) is 126 Å². The van der Waals surface area contributed by atoms with E-state index in [-0.39, 0.29) is 52.4 Å². The number of ether oxygens (including phenoxy) is 1. The molecule has 11 aromatic rings. The minimum absolute atomic E-state index is 0.00910. The van der Waals surface area contributed by atoms with Gasteiger partial charge >= 0.3 is 11.4 Å². The Morgan fingerprint density at radius 3 is 1.44 bits per heavy atom. The SMILES string of the molecule is CN(C)c1cc(N2CCC(C3CCCN(c4cc(N5CCC(C6CN(c7cc(N8CCCc9cc(-c%10cnn(C)c%10)c(C(F)F)cc98)cc8c7n(C)c(=O)n8C)CCO6)c6cc(-c7cnn(C)c7)c(C(F)F)cc65)cc5c4n(C)c(=O)n5C)C3)c3cc(-c4cnn(C)c4)c(C(F)F)cc32)cc(N2CCCC2)c1N(C)C=O. The number of carbonyl (C=O) groups excluding carboxylic acids is 1. The molecule has 6 aliphatic heterocycles. The molecule has 580 valence electrons. The Hall–Kier alpha value is -10.9. The number of piperidine rings is 1. The van der Waals surface area contributed by atoms with Crippen LogP contribution in [0.25, 0.3) is 55.4 Å². The van der Waals surface area contributed by atoms with E-state index >= 15 is 26.3 Å². The van der Waals surface area contributed by atoms with E-state index in [4.69, 9.17) is 4.74 Å². The maximum absolute atomic E-state index is 16.2. The van der Waals surface area contributed by atoms with Crippen molar-refractivity contribution in [1.82, 2.24) is 47.6 Å². The van der Waals surface area contributed by atoms with Gasteiger partial charge in [0, 0.05) is 221 Å². The number of alkyl halides is 6. The standard InChI is InChI=1S/C83H92F6N18O4/c1-93(2)69-28-53(31-72(76(69)94(3)47-108)102-19-11-12-20-102)106-23-17-56(61-34-59(51-40-91-96(5)43-51)64(80(86)87)37-67(61)106)49-16-13-21-103(45-49)73-33-55(30-71-77(73)100(9)82(109)99(71)8)107-24-18-57(62-35-60(52-41-92-97(6)44-52)65(81(88)89)38-68(62)107)75-46-104(25-26-111-75)74-32-54(29-70-78(74)101(10)83(110)98(70)7)105-22-14-15-48-27-58(50-39-90-95(4)42-50)63(79(84)85)36-66(48)105/h27-44,47,49,56-57,75,79-81H,11-26,45-46H2,1-10H3. The van der Waals surface area contributed by atoms with Crippen LogP contribution in [0.1, 0.15) is 109 Å². The molecular weight excluding hydrogens is 1430 g/mol. The predicted octanol–water partition coefficient (Wildman–Crippen LogP) is 14.5. The molecule has 11 heterocycles. The minimum atomic E-state index is -2.89. The van der Waals surface area contributed by atoms with Gasteiger partial charge in [-0.25, -0.2) is 35.9 Å². The first-order valence-corrected chi connectivity index (χ1v) is 38.4. The van der Waals surface area contributed by atoms with Crippen molar-refractivity contribution in [2.45, 2.75) is 88.6 Å². The highest BCUT2D eigenvalue weighted by Gasteiger charge is 2.42. The van der Waals surface area contributed by atoms with Crippen LogP contribution < -0.4 is 50.6 Å². The number of benzene rings is 6. The van der Waals surface area contributed by atoms with E-state index in [9.17, 15) is 14.4 Å².